The lowest BCUT2D eigenvalue weighted by Crippen LogP contribution is -2.57. The number of rotatable bonds is 1. The number of carbonyl (C=O) groups excluding carboxylic acids is 2. The van der Waals surface area contributed by atoms with Crippen molar-refractivity contribution in [2.45, 2.75) is 46.3 Å². The molecule has 0 spiro atoms. The summed E-state index contributed by atoms with van der Waals surface area (Å²) in [6.07, 6.45) is -0.564. The van der Waals surface area contributed by atoms with Crippen molar-refractivity contribution in [2.75, 3.05) is 13.2 Å². The molecule has 5 heteroatoms. The van der Waals surface area contributed by atoms with Gasteiger partial charge in [-0.05, 0) is 20.8 Å². The molecule has 0 aliphatic carbocycles. The van der Waals surface area contributed by atoms with Gasteiger partial charge in [-0.1, -0.05) is 13.8 Å². The first-order valence-corrected chi connectivity index (χ1v) is 5.72. The zero-order valence-corrected chi connectivity index (χ0v) is 11.1. The number of alkyl carbamates (subject to hydrolysis) is 1. The summed E-state index contributed by atoms with van der Waals surface area (Å²) in [4.78, 5) is 23.3. The highest BCUT2D eigenvalue weighted by atomic mass is 16.6. The van der Waals surface area contributed by atoms with Gasteiger partial charge in [0, 0.05) is 5.41 Å². The van der Waals surface area contributed by atoms with Crippen LogP contribution in [-0.2, 0) is 14.3 Å². The van der Waals surface area contributed by atoms with Gasteiger partial charge in [0.15, 0.2) is 5.78 Å². The number of carbonyl (C=O) groups is 2. The lowest BCUT2D eigenvalue weighted by Gasteiger charge is -2.37. The lowest BCUT2D eigenvalue weighted by atomic mass is 9.81. The second kappa shape index (κ2) is 4.64. The van der Waals surface area contributed by atoms with E-state index in [2.05, 4.69) is 5.32 Å². The molecule has 1 amide bonds. The molecule has 0 radical (unpaired) electrons. The molecule has 1 saturated heterocycles. The van der Waals surface area contributed by atoms with Crippen LogP contribution < -0.4 is 5.32 Å². The van der Waals surface area contributed by atoms with E-state index in [4.69, 9.17) is 9.47 Å². The van der Waals surface area contributed by atoms with Crippen LogP contribution in [0, 0.1) is 5.41 Å². The number of Topliss-reactive ketones (excluding diaryl/α,β-unsaturated/α-hetero) is 1. The maximum atomic E-state index is 11.7. The average molecular weight is 243 g/mol. The maximum Gasteiger partial charge on any atom is 0.408 e. The van der Waals surface area contributed by atoms with Crippen molar-refractivity contribution < 1.29 is 19.1 Å². The Balaban J connectivity index is 2.65. The largest absolute Gasteiger partial charge is 0.444 e. The molecule has 1 atom stereocenters. The molecule has 5 nitrogen and oxygen atoms in total. The first-order valence-electron chi connectivity index (χ1n) is 5.72. The first-order chi connectivity index (χ1) is 7.62. The van der Waals surface area contributed by atoms with E-state index in [9.17, 15) is 9.59 Å². The van der Waals surface area contributed by atoms with Crippen LogP contribution in [0.1, 0.15) is 34.6 Å². The predicted octanol–water partition coefficient (Wildman–Crippen LogP) is 1.51. The number of ether oxygens (including phenoxy) is 2. The molecule has 1 N–H and O–H groups in total. The normalized spacial score (nSPS) is 24.3. The zero-order valence-electron chi connectivity index (χ0n) is 11.1. The van der Waals surface area contributed by atoms with Gasteiger partial charge in [-0.25, -0.2) is 4.79 Å². The standard InChI is InChI=1S/C12H21NO4/c1-11(2,3)17-10(15)13-9-8(14)6-16-7-12(9,4)5/h9H,6-7H2,1-5H3,(H,13,15). The average Bonchev–Trinajstić information content (AvgIpc) is 2.08. The highest BCUT2D eigenvalue weighted by Crippen LogP contribution is 2.26. The number of amides is 1. The van der Waals surface area contributed by atoms with E-state index in [1.54, 1.807) is 20.8 Å². The Kier molecular flexibility index (Phi) is 3.81. The molecule has 1 heterocycles. The van der Waals surface area contributed by atoms with Crippen molar-refractivity contribution in [3.8, 4) is 0 Å². The fourth-order valence-electron chi connectivity index (χ4n) is 1.72. The Bertz CT molecular complexity index is 317. The van der Waals surface area contributed by atoms with Crippen molar-refractivity contribution in [3.05, 3.63) is 0 Å². The summed E-state index contributed by atoms with van der Waals surface area (Å²) in [6.45, 7) is 9.60. The summed E-state index contributed by atoms with van der Waals surface area (Å²) in [5.74, 6) is -0.118. The monoisotopic (exact) mass is 243 g/mol. The molecule has 1 aliphatic rings. The van der Waals surface area contributed by atoms with Gasteiger partial charge in [0.1, 0.15) is 18.2 Å². The molecular formula is C12H21NO4. The van der Waals surface area contributed by atoms with E-state index in [-0.39, 0.29) is 12.4 Å². The number of ketones is 1. The molecule has 0 aromatic heterocycles. The molecule has 1 fully saturated rings. The molecule has 17 heavy (non-hydrogen) atoms. The summed E-state index contributed by atoms with van der Waals surface area (Å²) >= 11 is 0. The number of nitrogens with one attached hydrogen (secondary N) is 1. The third-order valence-electron chi connectivity index (χ3n) is 2.48. The van der Waals surface area contributed by atoms with Crippen LogP contribution in [0.5, 0.6) is 0 Å². The minimum Gasteiger partial charge on any atom is -0.444 e. The molecule has 1 rings (SSSR count). The van der Waals surface area contributed by atoms with Crippen molar-refractivity contribution in [3.63, 3.8) is 0 Å². The molecule has 1 aliphatic heterocycles. The zero-order chi connectivity index (χ0) is 13.3. The van der Waals surface area contributed by atoms with Crippen molar-refractivity contribution in [1.82, 2.24) is 5.32 Å². The molecule has 98 valence electrons. The van der Waals surface area contributed by atoms with Crippen LogP contribution in [0.25, 0.3) is 0 Å². The lowest BCUT2D eigenvalue weighted by molar-refractivity contribution is -0.138. The maximum absolute atomic E-state index is 11.7. The molecular weight excluding hydrogens is 222 g/mol. The summed E-state index contributed by atoms with van der Waals surface area (Å²) in [5.41, 5.74) is -0.978. The van der Waals surface area contributed by atoms with Crippen LogP contribution in [0.15, 0.2) is 0 Å². The molecule has 0 aromatic carbocycles. The van der Waals surface area contributed by atoms with E-state index >= 15 is 0 Å². The Labute approximate surface area is 102 Å². The van der Waals surface area contributed by atoms with Crippen LogP contribution in [0.3, 0.4) is 0 Å². The van der Waals surface area contributed by atoms with Crippen molar-refractivity contribution in [1.29, 1.82) is 0 Å². The van der Waals surface area contributed by atoms with Gasteiger partial charge in [-0.2, -0.15) is 0 Å². The molecule has 0 aromatic rings. The van der Waals surface area contributed by atoms with E-state index in [0.29, 0.717) is 6.61 Å². The third-order valence-corrected chi connectivity index (χ3v) is 2.48. The second-order valence-corrected chi connectivity index (χ2v) is 6.03. The third kappa shape index (κ3) is 4.00. The first kappa shape index (κ1) is 14.0. The quantitative estimate of drug-likeness (QED) is 0.758. The number of hydrogen-bond donors (Lipinski definition) is 1. The van der Waals surface area contributed by atoms with Crippen LogP contribution >= 0.6 is 0 Å². The Morgan fingerprint density at radius 3 is 2.53 bits per heavy atom. The summed E-state index contributed by atoms with van der Waals surface area (Å²) in [5, 5.41) is 2.62. The van der Waals surface area contributed by atoms with E-state index in [0.717, 1.165) is 0 Å². The Morgan fingerprint density at radius 2 is 2.06 bits per heavy atom. The van der Waals surface area contributed by atoms with Crippen molar-refractivity contribution >= 4 is 11.9 Å². The topological polar surface area (TPSA) is 64.6 Å². The van der Waals surface area contributed by atoms with E-state index in [1.807, 2.05) is 13.8 Å². The van der Waals surface area contributed by atoms with E-state index < -0.39 is 23.2 Å². The minimum atomic E-state index is -0.567. The van der Waals surface area contributed by atoms with Gasteiger partial charge < -0.3 is 14.8 Å². The van der Waals surface area contributed by atoms with Gasteiger partial charge in [-0.15, -0.1) is 0 Å². The van der Waals surface area contributed by atoms with Gasteiger partial charge in [0.05, 0.1) is 6.61 Å². The van der Waals surface area contributed by atoms with Crippen molar-refractivity contribution in [2.24, 2.45) is 5.41 Å². The predicted molar refractivity (Wildman–Crippen MR) is 62.8 cm³/mol. The van der Waals surface area contributed by atoms with E-state index in [1.165, 1.54) is 0 Å². The molecule has 0 saturated carbocycles. The van der Waals surface area contributed by atoms with Gasteiger partial charge in [0.2, 0.25) is 0 Å². The van der Waals surface area contributed by atoms with Gasteiger partial charge >= 0.3 is 6.09 Å². The highest BCUT2D eigenvalue weighted by Gasteiger charge is 2.40. The Hall–Kier alpha value is -1.10. The summed E-state index contributed by atoms with van der Waals surface area (Å²) < 4.78 is 10.3. The Morgan fingerprint density at radius 1 is 1.47 bits per heavy atom. The van der Waals surface area contributed by atoms with Gasteiger partial charge in [-0.3, -0.25) is 4.79 Å². The smallest absolute Gasteiger partial charge is 0.408 e. The SMILES string of the molecule is CC(C)(C)OC(=O)NC1C(=O)COCC1(C)C. The van der Waals surface area contributed by atoms with Crippen LogP contribution in [-0.4, -0.2) is 36.7 Å². The second-order valence-electron chi connectivity index (χ2n) is 6.03. The molecule has 1 unspecified atom stereocenters. The fourth-order valence-corrected chi connectivity index (χ4v) is 1.72. The van der Waals surface area contributed by atoms with Crippen LogP contribution in [0.4, 0.5) is 4.79 Å². The molecule has 0 bridgehead atoms. The minimum absolute atomic E-state index is 0.0455. The van der Waals surface area contributed by atoms with Crippen LogP contribution in [0.2, 0.25) is 0 Å². The van der Waals surface area contributed by atoms with Gasteiger partial charge in [0.25, 0.3) is 0 Å². The number of hydrogen-bond acceptors (Lipinski definition) is 4. The summed E-state index contributed by atoms with van der Waals surface area (Å²) in [6, 6.07) is -0.550. The fraction of sp³-hybridized carbons (Fsp3) is 0.833. The summed E-state index contributed by atoms with van der Waals surface area (Å²) in [7, 11) is 0. The highest BCUT2D eigenvalue weighted by molar-refractivity contribution is 5.89.